The summed E-state index contributed by atoms with van der Waals surface area (Å²) in [5.74, 6) is -1.43. The second kappa shape index (κ2) is 5.47. The standard InChI is InChI=1S/C11H13NO5S/c1-6-5-18-9(11(14)15)8(6)12-10(13)7-4-16-2-3-17-7/h5,7H,2-4H2,1H3,(H,12,13)(H,14,15). The molecule has 1 saturated heterocycles. The number of hydrogen-bond acceptors (Lipinski definition) is 5. The first-order chi connectivity index (χ1) is 8.59. The Labute approximate surface area is 108 Å². The third-order valence-corrected chi connectivity index (χ3v) is 3.61. The van der Waals surface area contributed by atoms with Gasteiger partial charge < -0.3 is 19.9 Å². The molecule has 1 aromatic rings. The highest BCUT2D eigenvalue weighted by atomic mass is 32.1. The number of hydrogen-bond donors (Lipinski definition) is 2. The maximum Gasteiger partial charge on any atom is 0.348 e. The van der Waals surface area contributed by atoms with Crippen molar-refractivity contribution in [1.82, 2.24) is 0 Å². The molecule has 0 bridgehead atoms. The van der Waals surface area contributed by atoms with Crippen LogP contribution in [-0.4, -0.2) is 42.9 Å². The predicted molar refractivity (Wildman–Crippen MR) is 65.2 cm³/mol. The molecule has 1 aliphatic rings. The Bertz CT molecular complexity index is 464. The van der Waals surface area contributed by atoms with Crippen molar-refractivity contribution in [1.29, 1.82) is 0 Å². The molecule has 18 heavy (non-hydrogen) atoms. The number of carboxylic acid groups (broad SMARTS) is 1. The number of carbonyl (C=O) groups is 2. The molecule has 7 heteroatoms. The Morgan fingerprint density at radius 2 is 2.28 bits per heavy atom. The van der Waals surface area contributed by atoms with Gasteiger partial charge in [0.2, 0.25) is 0 Å². The van der Waals surface area contributed by atoms with Crippen LogP contribution in [-0.2, 0) is 14.3 Å². The summed E-state index contributed by atoms with van der Waals surface area (Å²) in [5.41, 5.74) is 1.06. The van der Waals surface area contributed by atoms with E-state index in [4.69, 9.17) is 14.6 Å². The van der Waals surface area contributed by atoms with Gasteiger partial charge in [0.1, 0.15) is 4.88 Å². The number of anilines is 1. The zero-order valence-electron chi connectivity index (χ0n) is 9.76. The molecule has 0 spiro atoms. The van der Waals surface area contributed by atoms with E-state index >= 15 is 0 Å². The summed E-state index contributed by atoms with van der Waals surface area (Å²) in [6.07, 6.45) is -0.681. The van der Waals surface area contributed by atoms with E-state index in [-0.39, 0.29) is 17.4 Å². The number of aromatic carboxylic acids is 1. The van der Waals surface area contributed by atoms with Crippen LogP contribution in [0.2, 0.25) is 0 Å². The van der Waals surface area contributed by atoms with Gasteiger partial charge in [-0.25, -0.2) is 4.79 Å². The van der Waals surface area contributed by atoms with Gasteiger partial charge in [-0.15, -0.1) is 11.3 Å². The van der Waals surface area contributed by atoms with Crippen molar-refractivity contribution in [3.8, 4) is 0 Å². The molecule has 0 saturated carbocycles. The van der Waals surface area contributed by atoms with Gasteiger partial charge in [-0.1, -0.05) is 0 Å². The maximum atomic E-state index is 11.9. The average molecular weight is 271 g/mol. The third kappa shape index (κ3) is 2.69. The minimum absolute atomic E-state index is 0.123. The fourth-order valence-corrected chi connectivity index (χ4v) is 2.44. The Morgan fingerprint density at radius 1 is 1.50 bits per heavy atom. The molecule has 6 nitrogen and oxygen atoms in total. The van der Waals surface area contributed by atoms with Gasteiger partial charge in [0, 0.05) is 0 Å². The molecule has 2 rings (SSSR count). The van der Waals surface area contributed by atoms with Crippen molar-refractivity contribution < 1.29 is 24.2 Å². The molecule has 0 radical (unpaired) electrons. The van der Waals surface area contributed by atoms with E-state index in [0.717, 1.165) is 16.9 Å². The zero-order valence-corrected chi connectivity index (χ0v) is 10.6. The van der Waals surface area contributed by atoms with E-state index in [1.807, 2.05) is 0 Å². The Hall–Kier alpha value is -1.44. The number of rotatable bonds is 3. The second-order valence-corrected chi connectivity index (χ2v) is 4.73. The Morgan fingerprint density at radius 3 is 2.89 bits per heavy atom. The van der Waals surface area contributed by atoms with Gasteiger partial charge in [-0.2, -0.15) is 0 Å². The molecule has 1 aromatic heterocycles. The summed E-state index contributed by atoms with van der Waals surface area (Å²) in [4.78, 5) is 23.0. The van der Waals surface area contributed by atoms with E-state index in [1.165, 1.54) is 0 Å². The molecule has 0 aromatic carbocycles. The van der Waals surface area contributed by atoms with Crippen LogP contribution in [0.25, 0.3) is 0 Å². The quantitative estimate of drug-likeness (QED) is 0.860. The topological polar surface area (TPSA) is 84.9 Å². The van der Waals surface area contributed by atoms with Gasteiger partial charge in [-0.05, 0) is 17.9 Å². The van der Waals surface area contributed by atoms with Crippen LogP contribution >= 0.6 is 11.3 Å². The lowest BCUT2D eigenvalue weighted by molar-refractivity contribution is -0.142. The number of carboxylic acids is 1. The van der Waals surface area contributed by atoms with Gasteiger partial charge in [-0.3, -0.25) is 4.79 Å². The summed E-state index contributed by atoms with van der Waals surface area (Å²) < 4.78 is 10.4. The number of carbonyl (C=O) groups excluding carboxylic acids is 1. The summed E-state index contributed by atoms with van der Waals surface area (Å²) in [7, 11) is 0. The van der Waals surface area contributed by atoms with Crippen molar-refractivity contribution in [2.45, 2.75) is 13.0 Å². The Balaban J connectivity index is 2.10. The molecule has 1 unspecified atom stereocenters. The fraction of sp³-hybridized carbons (Fsp3) is 0.455. The molecule has 98 valence electrons. The molecule has 2 heterocycles. The summed E-state index contributed by atoms with van der Waals surface area (Å²) in [5, 5.41) is 13.3. The molecular weight excluding hydrogens is 258 g/mol. The van der Waals surface area contributed by atoms with Crippen LogP contribution in [0.5, 0.6) is 0 Å². The number of nitrogens with one attached hydrogen (secondary N) is 1. The van der Waals surface area contributed by atoms with Gasteiger partial charge in [0.05, 0.1) is 25.5 Å². The second-order valence-electron chi connectivity index (χ2n) is 3.85. The van der Waals surface area contributed by atoms with Gasteiger partial charge in [0.25, 0.3) is 5.91 Å². The van der Waals surface area contributed by atoms with Gasteiger partial charge >= 0.3 is 5.97 Å². The van der Waals surface area contributed by atoms with Crippen LogP contribution in [0, 0.1) is 6.92 Å². The minimum atomic E-state index is -1.05. The first-order valence-electron chi connectivity index (χ1n) is 5.41. The van der Waals surface area contributed by atoms with E-state index < -0.39 is 12.1 Å². The normalized spacial score (nSPS) is 19.5. The van der Waals surface area contributed by atoms with Crippen LogP contribution in [0.3, 0.4) is 0 Å². The molecule has 1 atom stereocenters. The lowest BCUT2D eigenvalue weighted by Crippen LogP contribution is -2.39. The molecular formula is C11H13NO5S. The smallest absolute Gasteiger partial charge is 0.348 e. The molecule has 1 fully saturated rings. The molecule has 2 N–H and O–H groups in total. The van der Waals surface area contributed by atoms with E-state index in [1.54, 1.807) is 12.3 Å². The first-order valence-corrected chi connectivity index (χ1v) is 6.29. The van der Waals surface area contributed by atoms with Crippen molar-refractivity contribution in [3.63, 3.8) is 0 Å². The monoisotopic (exact) mass is 271 g/mol. The summed E-state index contributed by atoms with van der Waals surface area (Å²) in [6.45, 7) is 2.78. The number of ether oxygens (including phenoxy) is 2. The van der Waals surface area contributed by atoms with Crippen molar-refractivity contribution in [2.24, 2.45) is 0 Å². The zero-order chi connectivity index (χ0) is 13.1. The largest absolute Gasteiger partial charge is 0.477 e. The maximum absolute atomic E-state index is 11.9. The SMILES string of the molecule is Cc1csc(C(=O)O)c1NC(=O)C1COCCO1. The van der Waals surface area contributed by atoms with E-state index in [2.05, 4.69) is 5.32 Å². The molecule has 1 aliphatic heterocycles. The highest BCUT2D eigenvalue weighted by molar-refractivity contribution is 7.12. The molecule has 1 amide bonds. The van der Waals surface area contributed by atoms with E-state index in [9.17, 15) is 9.59 Å². The lowest BCUT2D eigenvalue weighted by atomic mass is 10.2. The predicted octanol–water partition coefficient (Wildman–Crippen LogP) is 1.11. The third-order valence-electron chi connectivity index (χ3n) is 2.53. The summed E-state index contributed by atoms with van der Waals surface area (Å²) >= 11 is 1.09. The van der Waals surface area contributed by atoms with Crippen molar-refractivity contribution >= 4 is 28.9 Å². The number of thiophene rings is 1. The van der Waals surface area contributed by atoms with Crippen LogP contribution < -0.4 is 5.32 Å². The van der Waals surface area contributed by atoms with Crippen LogP contribution in [0.4, 0.5) is 5.69 Å². The van der Waals surface area contributed by atoms with Crippen molar-refractivity contribution in [2.75, 3.05) is 25.1 Å². The highest BCUT2D eigenvalue weighted by Gasteiger charge is 2.25. The van der Waals surface area contributed by atoms with Crippen LogP contribution in [0.1, 0.15) is 15.2 Å². The lowest BCUT2D eigenvalue weighted by Gasteiger charge is -2.22. The fourth-order valence-electron chi connectivity index (χ4n) is 1.60. The van der Waals surface area contributed by atoms with E-state index in [0.29, 0.717) is 18.9 Å². The highest BCUT2D eigenvalue weighted by Crippen LogP contribution is 2.27. The number of amides is 1. The summed E-state index contributed by atoms with van der Waals surface area (Å²) in [6, 6.07) is 0. The van der Waals surface area contributed by atoms with Gasteiger partial charge in [0.15, 0.2) is 6.10 Å². The van der Waals surface area contributed by atoms with Crippen molar-refractivity contribution in [3.05, 3.63) is 15.8 Å². The number of aryl methyl sites for hydroxylation is 1. The molecule has 0 aliphatic carbocycles. The first kappa shape index (κ1) is 13.0. The minimum Gasteiger partial charge on any atom is -0.477 e. The van der Waals surface area contributed by atoms with Crippen LogP contribution in [0.15, 0.2) is 5.38 Å². The average Bonchev–Trinajstić information content (AvgIpc) is 2.72. The Kier molecular flexibility index (Phi) is 3.95.